The smallest absolute Gasteiger partial charge is 0.261 e. The molecule has 20 heavy (non-hydrogen) atoms. The molecule has 0 spiro atoms. The summed E-state index contributed by atoms with van der Waals surface area (Å²) in [6.07, 6.45) is -3.16. The lowest BCUT2D eigenvalue weighted by molar-refractivity contribution is 0.0177. The molecule has 0 aliphatic rings. The molecule has 0 saturated heterocycles. The van der Waals surface area contributed by atoms with Crippen LogP contribution in [0.2, 0.25) is 5.02 Å². The molecule has 1 unspecified atom stereocenters. The number of ether oxygens (including phenoxy) is 2. The third kappa shape index (κ3) is 8.27. The number of benzene rings is 1. The van der Waals surface area contributed by atoms with Gasteiger partial charge >= 0.3 is 0 Å². The predicted octanol–water partition coefficient (Wildman–Crippen LogP) is 1.95. The number of hydrogen-bond donors (Lipinski definition) is 2. The second-order valence-corrected chi connectivity index (χ2v) is 4.53. The second kappa shape index (κ2) is 9.88. The number of nitrogens with one attached hydrogen (secondary N) is 1. The van der Waals surface area contributed by atoms with E-state index < -0.39 is 19.1 Å². The Morgan fingerprint density at radius 2 is 2.10 bits per heavy atom. The van der Waals surface area contributed by atoms with Gasteiger partial charge < -0.3 is 19.9 Å². The highest BCUT2D eigenvalue weighted by Crippen LogP contribution is 2.17. The molecule has 1 rings (SSSR count). The average Bonchev–Trinajstić information content (AvgIpc) is 2.40. The summed E-state index contributed by atoms with van der Waals surface area (Å²) in [6.45, 7) is 0.402. The standard InChI is InChI=1S/C13H18ClF2NO3/c14-10-2-1-3-12(6-10)20-8-11(18)7-17-4-5-19-9-13(15)16/h1-3,6,11,13,17-18H,4-5,7-9H2. The lowest BCUT2D eigenvalue weighted by atomic mass is 10.3. The summed E-state index contributed by atoms with van der Waals surface area (Å²) < 4.78 is 33.5. The minimum absolute atomic E-state index is 0.116. The largest absolute Gasteiger partial charge is 0.491 e. The molecule has 0 amide bonds. The van der Waals surface area contributed by atoms with Crippen molar-refractivity contribution in [3.8, 4) is 5.75 Å². The first-order valence-corrected chi connectivity index (χ1v) is 6.58. The molecule has 0 bridgehead atoms. The van der Waals surface area contributed by atoms with Crippen LogP contribution in [-0.2, 0) is 4.74 Å². The Bertz CT molecular complexity index is 382. The van der Waals surface area contributed by atoms with E-state index in [0.717, 1.165) is 0 Å². The molecule has 4 nitrogen and oxygen atoms in total. The van der Waals surface area contributed by atoms with E-state index in [0.29, 0.717) is 23.9 Å². The van der Waals surface area contributed by atoms with Crippen molar-refractivity contribution in [1.29, 1.82) is 0 Å². The zero-order valence-corrected chi connectivity index (χ0v) is 11.7. The molecule has 1 atom stereocenters. The normalized spacial score (nSPS) is 12.7. The van der Waals surface area contributed by atoms with Gasteiger partial charge in [-0.25, -0.2) is 8.78 Å². The zero-order valence-electron chi connectivity index (χ0n) is 10.9. The van der Waals surface area contributed by atoms with Crippen LogP contribution in [-0.4, -0.2) is 50.5 Å². The van der Waals surface area contributed by atoms with Gasteiger partial charge in [-0.1, -0.05) is 17.7 Å². The van der Waals surface area contributed by atoms with Gasteiger partial charge in [0.15, 0.2) is 0 Å². The van der Waals surface area contributed by atoms with Crippen molar-refractivity contribution in [3.05, 3.63) is 29.3 Å². The van der Waals surface area contributed by atoms with Crippen molar-refractivity contribution in [2.45, 2.75) is 12.5 Å². The van der Waals surface area contributed by atoms with Crippen LogP contribution in [0.1, 0.15) is 0 Å². The summed E-state index contributed by atoms with van der Waals surface area (Å²) in [7, 11) is 0. The minimum atomic E-state index is -2.45. The second-order valence-electron chi connectivity index (χ2n) is 4.09. The molecule has 0 saturated carbocycles. The van der Waals surface area contributed by atoms with E-state index in [4.69, 9.17) is 16.3 Å². The molecule has 1 aromatic rings. The van der Waals surface area contributed by atoms with Crippen LogP contribution in [0, 0.1) is 0 Å². The van der Waals surface area contributed by atoms with Crippen LogP contribution in [0.25, 0.3) is 0 Å². The average molecular weight is 310 g/mol. The molecular weight excluding hydrogens is 292 g/mol. The van der Waals surface area contributed by atoms with Gasteiger partial charge in [0.05, 0.1) is 6.61 Å². The van der Waals surface area contributed by atoms with Crippen molar-refractivity contribution >= 4 is 11.6 Å². The summed E-state index contributed by atoms with van der Waals surface area (Å²) in [5, 5.41) is 13.1. The first kappa shape index (κ1) is 17.1. The molecule has 0 radical (unpaired) electrons. The van der Waals surface area contributed by atoms with Gasteiger partial charge in [-0.15, -0.1) is 0 Å². The van der Waals surface area contributed by atoms with Crippen LogP contribution >= 0.6 is 11.6 Å². The topological polar surface area (TPSA) is 50.7 Å². The van der Waals surface area contributed by atoms with E-state index >= 15 is 0 Å². The highest BCUT2D eigenvalue weighted by atomic mass is 35.5. The minimum Gasteiger partial charge on any atom is -0.491 e. The van der Waals surface area contributed by atoms with Gasteiger partial charge in [0.2, 0.25) is 0 Å². The molecule has 0 aliphatic carbocycles. The summed E-state index contributed by atoms with van der Waals surface area (Å²) in [6, 6.07) is 6.87. The fourth-order valence-corrected chi connectivity index (χ4v) is 1.57. The first-order valence-electron chi connectivity index (χ1n) is 6.21. The highest BCUT2D eigenvalue weighted by molar-refractivity contribution is 6.30. The summed E-state index contributed by atoms with van der Waals surface area (Å²) >= 11 is 5.79. The summed E-state index contributed by atoms with van der Waals surface area (Å²) in [4.78, 5) is 0. The predicted molar refractivity (Wildman–Crippen MR) is 72.6 cm³/mol. The Kier molecular flexibility index (Phi) is 8.45. The van der Waals surface area contributed by atoms with Crippen LogP contribution in [0.15, 0.2) is 24.3 Å². The molecule has 0 fully saturated rings. The highest BCUT2D eigenvalue weighted by Gasteiger charge is 2.05. The van der Waals surface area contributed by atoms with Crippen molar-refractivity contribution in [3.63, 3.8) is 0 Å². The van der Waals surface area contributed by atoms with Crippen molar-refractivity contribution < 1.29 is 23.4 Å². The van der Waals surface area contributed by atoms with Crippen LogP contribution < -0.4 is 10.1 Å². The molecular formula is C13H18ClF2NO3. The Balaban J connectivity index is 2.04. The quantitative estimate of drug-likeness (QED) is 0.649. The molecule has 7 heteroatoms. The zero-order chi connectivity index (χ0) is 14.8. The maximum Gasteiger partial charge on any atom is 0.261 e. The van der Waals surface area contributed by atoms with E-state index in [1.54, 1.807) is 24.3 Å². The molecule has 0 aliphatic heterocycles. The maximum atomic E-state index is 11.8. The van der Waals surface area contributed by atoms with Crippen LogP contribution in [0.5, 0.6) is 5.75 Å². The fraction of sp³-hybridized carbons (Fsp3) is 0.538. The third-order valence-electron chi connectivity index (χ3n) is 2.29. The lowest BCUT2D eigenvalue weighted by Gasteiger charge is -2.13. The van der Waals surface area contributed by atoms with E-state index in [1.165, 1.54) is 0 Å². The van der Waals surface area contributed by atoms with E-state index in [-0.39, 0.29) is 13.2 Å². The van der Waals surface area contributed by atoms with Crippen LogP contribution in [0.4, 0.5) is 8.78 Å². The molecule has 1 aromatic carbocycles. The van der Waals surface area contributed by atoms with Gasteiger partial charge in [-0.05, 0) is 18.2 Å². The fourth-order valence-electron chi connectivity index (χ4n) is 1.39. The Morgan fingerprint density at radius 3 is 2.80 bits per heavy atom. The SMILES string of the molecule is OC(CNCCOCC(F)F)COc1cccc(Cl)c1. The number of hydrogen-bond acceptors (Lipinski definition) is 4. The Hall–Kier alpha value is -0.950. The lowest BCUT2D eigenvalue weighted by Crippen LogP contribution is -2.33. The van der Waals surface area contributed by atoms with E-state index in [1.807, 2.05) is 0 Å². The molecule has 2 N–H and O–H groups in total. The van der Waals surface area contributed by atoms with Gasteiger partial charge in [-0.2, -0.15) is 0 Å². The Labute approximate surface area is 121 Å². The van der Waals surface area contributed by atoms with Crippen LogP contribution in [0.3, 0.4) is 0 Å². The van der Waals surface area contributed by atoms with Gasteiger partial charge in [0.25, 0.3) is 6.43 Å². The van der Waals surface area contributed by atoms with Gasteiger partial charge in [-0.3, -0.25) is 0 Å². The number of alkyl halides is 2. The Morgan fingerprint density at radius 1 is 1.30 bits per heavy atom. The monoisotopic (exact) mass is 309 g/mol. The van der Waals surface area contributed by atoms with E-state index in [2.05, 4.69) is 10.1 Å². The number of halogens is 3. The van der Waals surface area contributed by atoms with Crippen molar-refractivity contribution in [2.24, 2.45) is 0 Å². The molecule has 0 aromatic heterocycles. The maximum absolute atomic E-state index is 11.8. The van der Waals surface area contributed by atoms with Gasteiger partial charge in [0.1, 0.15) is 25.1 Å². The molecule has 114 valence electrons. The number of aliphatic hydroxyl groups excluding tert-OH is 1. The summed E-state index contributed by atoms with van der Waals surface area (Å²) in [5.74, 6) is 0.580. The van der Waals surface area contributed by atoms with E-state index in [9.17, 15) is 13.9 Å². The van der Waals surface area contributed by atoms with Crippen molar-refractivity contribution in [1.82, 2.24) is 5.32 Å². The van der Waals surface area contributed by atoms with Crippen molar-refractivity contribution in [2.75, 3.05) is 32.9 Å². The number of aliphatic hydroxyl groups is 1. The molecule has 0 heterocycles. The first-order chi connectivity index (χ1) is 9.58. The summed E-state index contributed by atoms with van der Waals surface area (Å²) in [5.41, 5.74) is 0. The third-order valence-corrected chi connectivity index (χ3v) is 2.52. The number of rotatable bonds is 10. The van der Waals surface area contributed by atoms with Gasteiger partial charge in [0, 0.05) is 18.1 Å².